The van der Waals surface area contributed by atoms with Gasteiger partial charge >= 0.3 is 235 Å². The minimum absolute atomic E-state index is 0. The van der Waals surface area contributed by atoms with Crippen LogP contribution in [0.3, 0.4) is 0 Å². The molecular weight excluding hydrogens is 838 g/mol. The molecule has 0 aliphatic rings. The van der Waals surface area contributed by atoms with Gasteiger partial charge in [0.05, 0.1) is 0 Å². The van der Waals surface area contributed by atoms with Crippen molar-refractivity contribution < 1.29 is 194 Å². The van der Waals surface area contributed by atoms with Crippen LogP contribution in [0.5, 0.6) is 0 Å². The van der Waals surface area contributed by atoms with Gasteiger partial charge in [0.2, 0.25) is 0 Å². The van der Waals surface area contributed by atoms with E-state index >= 15 is 0 Å². The Morgan fingerprint density at radius 2 is 0.294 bits per heavy atom. The summed E-state index contributed by atoms with van der Waals surface area (Å²) in [6, 6.07) is 0. The first-order valence-corrected chi connectivity index (χ1v) is 0. The molecule has 17 heteroatoms. The normalized spacial score (nSPS) is 0. The molecule has 0 bridgehead atoms. The van der Waals surface area contributed by atoms with Crippen molar-refractivity contribution in [3.63, 3.8) is 0 Å². The third-order valence-electron chi connectivity index (χ3n) is 0. The Balaban J connectivity index is 0. The SMILES string of the molecule is [La+3].[La+3].[Mn+2].[Mn+2].[O-2].[O-2].[O-2].[O-2].[O-2].[O-2].[O-2].[O-2].[O-2].[Sr+2].[Sr+2].[Zn+2].[Zn+2]. The maximum absolute atomic E-state index is 0. The molecule has 0 saturated heterocycles. The van der Waals surface area contributed by atoms with Crippen molar-refractivity contribution in [2.24, 2.45) is 0 Å². The Kier molecular flexibility index (Phi) is 3190. The van der Waals surface area contributed by atoms with Crippen molar-refractivity contribution in [3.8, 4) is 0 Å². The van der Waals surface area contributed by atoms with E-state index in [9.17, 15) is 0 Å². The predicted molar refractivity (Wildman–Crippen MR) is 17.7 cm³/mol. The first-order chi connectivity index (χ1) is 0. The van der Waals surface area contributed by atoms with E-state index in [1.165, 1.54) is 0 Å². The van der Waals surface area contributed by atoms with Crippen LogP contribution in [0.25, 0.3) is 0 Å². The van der Waals surface area contributed by atoms with Gasteiger partial charge in [0.15, 0.2) is 0 Å². The summed E-state index contributed by atoms with van der Waals surface area (Å²) in [4.78, 5) is 0. The van der Waals surface area contributed by atoms with E-state index < -0.39 is 0 Å². The minimum Gasteiger partial charge on any atom is -2.00 e. The Morgan fingerprint density at radius 3 is 0.294 bits per heavy atom. The molecular formula is La2Mn2O9Sr2Zn2. The van der Waals surface area contributed by atoms with Gasteiger partial charge in [-0.2, -0.15) is 0 Å². The molecule has 0 atom stereocenters. The topological polar surface area (TPSA) is 256 Å². The summed E-state index contributed by atoms with van der Waals surface area (Å²) >= 11 is 0. The van der Waals surface area contributed by atoms with Crippen LogP contribution in [0, 0.1) is 71.2 Å². The van der Waals surface area contributed by atoms with Crippen LogP contribution < -0.4 is 0 Å². The third kappa shape index (κ3) is 199. The molecule has 0 N–H and O–H groups in total. The van der Waals surface area contributed by atoms with E-state index in [-0.39, 0.29) is 285 Å². The van der Waals surface area contributed by atoms with Crippen LogP contribution in [-0.2, 0) is 122 Å². The summed E-state index contributed by atoms with van der Waals surface area (Å²) < 4.78 is 0. The minimum atomic E-state index is 0. The Bertz CT molecular complexity index is 33.0. The molecule has 2 radical (unpaired) electrons. The Labute approximate surface area is 277 Å². The molecule has 0 heterocycles. The molecule has 0 aliphatic carbocycles. The van der Waals surface area contributed by atoms with Crippen LogP contribution in [0.4, 0.5) is 0 Å². The molecule has 0 aliphatic heterocycles. The second-order valence-electron chi connectivity index (χ2n) is 0. The van der Waals surface area contributed by atoms with E-state index in [2.05, 4.69) is 0 Å². The molecule has 0 fully saturated rings. The molecule has 0 rings (SSSR count). The summed E-state index contributed by atoms with van der Waals surface area (Å²) in [5, 5.41) is 0. The van der Waals surface area contributed by atoms with Crippen LogP contribution in [0.1, 0.15) is 0 Å². The van der Waals surface area contributed by atoms with Gasteiger partial charge in [0.25, 0.3) is 0 Å². The van der Waals surface area contributed by atoms with Crippen molar-refractivity contribution in [3.05, 3.63) is 0 Å². The predicted octanol–water partition coefficient (Wildman–Crippen LogP) is -1.84. The van der Waals surface area contributed by atoms with Crippen molar-refractivity contribution in [2.75, 3.05) is 0 Å². The van der Waals surface area contributed by atoms with Gasteiger partial charge in [0.1, 0.15) is 0 Å². The zero-order chi connectivity index (χ0) is 0. The van der Waals surface area contributed by atoms with Crippen LogP contribution in [0.2, 0.25) is 0 Å². The molecule has 0 spiro atoms. The van der Waals surface area contributed by atoms with E-state index in [1.807, 2.05) is 0 Å². The third-order valence-corrected chi connectivity index (χ3v) is 0. The molecule has 0 amide bonds. The molecule has 0 aromatic rings. The monoisotopic (exact) mass is 835 g/mol. The average Bonchev–Trinajstić information content (AvgIpc) is 0. The summed E-state index contributed by atoms with van der Waals surface area (Å²) in [5.41, 5.74) is 0. The molecule has 0 saturated carbocycles. The summed E-state index contributed by atoms with van der Waals surface area (Å²) in [7, 11) is 0. The molecule has 0 aromatic carbocycles. The molecule has 17 heavy (non-hydrogen) atoms. The maximum Gasteiger partial charge on any atom is 3.00 e. The summed E-state index contributed by atoms with van der Waals surface area (Å²) in [6.07, 6.45) is 0. The van der Waals surface area contributed by atoms with E-state index in [0.717, 1.165) is 0 Å². The zero-order valence-corrected chi connectivity index (χ0v) is 30.9. The fraction of sp³-hybridized carbons (Fsp3) is 0. The number of hydrogen-bond acceptors (Lipinski definition) is 0. The summed E-state index contributed by atoms with van der Waals surface area (Å²) in [5.74, 6) is 0. The van der Waals surface area contributed by atoms with Crippen LogP contribution >= 0.6 is 0 Å². The Hall–Kier alpha value is 7.28. The van der Waals surface area contributed by atoms with Crippen molar-refractivity contribution in [2.45, 2.75) is 0 Å². The van der Waals surface area contributed by atoms with E-state index in [4.69, 9.17) is 0 Å². The molecule has 0 unspecified atom stereocenters. The van der Waals surface area contributed by atoms with Gasteiger partial charge in [-0.15, -0.1) is 0 Å². The fourth-order valence-corrected chi connectivity index (χ4v) is 0. The fourth-order valence-electron chi connectivity index (χ4n) is 0. The van der Waals surface area contributed by atoms with Gasteiger partial charge in [-0.3, -0.25) is 0 Å². The average molecular weight is 838 g/mol. The van der Waals surface area contributed by atoms with Crippen molar-refractivity contribution in [1.82, 2.24) is 0 Å². The quantitative estimate of drug-likeness (QED) is 0.244. The second-order valence-corrected chi connectivity index (χ2v) is 0. The van der Waals surface area contributed by atoms with Gasteiger partial charge in [0, 0.05) is 0 Å². The Morgan fingerprint density at radius 1 is 0.294 bits per heavy atom. The van der Waals surface area contributed by atoms with Gasteiger partial charge in [-0.05, 0) is 0 Å². The standard InChI is InChI=1S/2La.2Mn.9O.2Sr.2Zn/q2*+3;2*+2;9*-2;4*+2. The number of hydrogen-bond donors (Lipinski definition) is 0. The van der Waals surface area contributed by atoms with E-state index in [0.29, 0.717) is 0 Å². The number of rotatable bonds is 0. The van der Waals surface area contributed by atoms with Crippen LogP contribution in [-0.4, -0.2) is 91.0 Å². The zero-order valence-electron chi connectivity index (χ0n) is 8.41. The first-order valence-electron chi connectivity index (χ1n) is 0. The summed E-state index contributed by atoms with van der Waals surface area (Å²) in [6.45, 7) is 0. The van der Waals surface area contributed by atoms with Gasteiger partial charge in [-0.25, -0.2) is 0 Å². The van der Waals surface area contributed by atoms with Crippen molar-refractivity contribution in [1.29, 1.82) is 0 Å². The smallest absolute Gasteiger partial charge is 2.00 e. The van der Waals surface area contributed by atoms with Crippen molar-refractivity contribution >= 4 is 91.0 Å². The van der Waals surface area contributed by atoms with Gasteiger partial charge in [-0.1, -0.05) is 0 Å². The first kappa shape index (κ1) is 248. The van der Waals surface area contributed by atoms with E-state index in [1.54, 1.807) is 0 Å². The molecule has 9 nitrogen and oxygen atoms in total. The van der Waals surface area contributed by atoms with Gasteiger partial charge < -0.3 is 49.3 Å². The largest absolute Gasteiger partial charge is 3.00 e. The van der Waals surface area contributed by atoms with Crippen LogP contribution in [0.15, 0.2) is 0 Å². The second kappa shape index (κ2) is 218. The molecule has 82 valence electrons. The maximum atomic E-state index is 0. The molecule has 0 aromatic heterocycles.